The van der Waals surface area contributed by atoms with Crippen LogP contribution < -0.4 is 10.6 Å². The zero-order valence-corrected chi connectivity index (χ0v) is 9.20. The summed E-state index contributed by atoms with van der Waals surface area (Å²) < 4.78 is 0. The van der Waals surface area contributed by atoms with E-state index in [1.54, 1.807) is 6.07 Å². The minimum Gasteiger partial charge on any atom is -0.357 e. The van der Waals surface area contributed by atoms with E-state index < -0.39 is 5.81 Å². The van der Waals surface area contributed by atoms with E-state index in [1.807, 2.05) is 19.9 Å². The van der Waals surface area contributed by atoms with Gasteiger partial charge >= 0.3 is 0 Å². The second-order valence-electron chi connectivity index (χ2n) is 3.44. The molecule has 2 N–H and O–H groups in total. The molecular formula is C10H12BN3O2. The molecule has 1 rings (SSSR count). The zero-order chi connectivity index (χ0) is 12.1. The van der Waals surface area contributed by atoms with Crippen LogP contribution in [0.3, 0.4) is 0 Å². The monoisotopic (exact) mass is 217 g/mol. The van der Waals surface area contributed by atoms with Crippen molar-refractivity contribution >= 4 is 25.4 Å². The normalized spacial score (nSPS) is 9.62. The Morgan fingerprint density at radius 2 is 2.06 bits per heavy atom. The quantitative estimate of drug-likeness (QED) is 0.724. The Kier molecular flexibility index (Phi) is 4.05. The summed E-state index contributed by atoms with van der Waals surface area (Å²) in [6.45, 7) is 3.58. The highest BCUT2D eigenvalue weighted by molar-refractivity contribution is 6.57. The lowest BCUT2D eigenvalue weighted by molar-refractivity contribution is -0.115. The molecule has 0 aliphatic rings. The predicted octanol–water partition coefficient (Wildman–Crippen LogP) is 0.515. The van der Waals surface area contributed by atoms with Gasteiger partial charge in [0, 0.05) is 5.69 Å². The summed E-state index contributed by atoms with van der Waals surface area (Å²) in [7, 11) is 4.84. The van der Waals surface area contributed by atoms with Crippen LogP contribution in [0.5, 0.6) is 0 Å². The van der Waals surface area contributed by atoms with Crippen LogP contribution in [0.15, 0.2) is 12.1 Å². The minimum atomic E-state index is -0.733. The minimum absolute atomic E-state index is 0.163. The van der Waals surface area contributed by atoms with Crippen LogP contribution >= 0.6 is 0 Å². The number of hydrogen-bond acceptors (Lipinski definition) is 3. The molecule has 2 amide bonds. The van der Waals surface area contributed by atoms with Gasteiger partial charge in [-0.05, 0) is 31.5 Å². The first-order valence-electron chi connectivity index (χ1n) is 4.76. The third kappa shape index (κ3) is 4.12. The van der Waals surface area contributed by atoms with Crippen LogP contribution in [0.25, 0.3) is 0 Å². The van der Waals surface area contributed by atoms with Gasteiger partial charge in [-0.3, -0.25) is 9.59 Å². The predicted molar refractivity (Wildman–Crippen MR) is 61.5 cm³/mol. The fraction of sp³-hybridized carbons (Fsp3) is 0.300. The van der Waals surface area contributed by atoms with Crippen LogP contribution in [0.2, 0.25) is 0 Å². The molecule has 0 fully saturated rings. The summed E-state index contributed by atoms with van der Waals surface area (Å²) in [5, 5.41) is 4.75. The summed E-state index contributed by atoms with van der Waals surface area (Å²) >= 11 is 0. The van der Waals surface area contributed by atoms with Crippen LogP contribution in [0.1, 0.15) is 11.3 Å². The van der Waals surface area contributed by atoms with Crippen molar-refractivity contribution in [1.29, 1.82) is 0 Å². The first-order chi connectivity index (χ1) is 7.47. The summed E-state index contributed by atoms with van der Waals surface area (Å²) in [4.78, 5) is 25.8. The Hall–Kier alpha value is -1.85. The molecule has 82 valence electrons. The molecule has 0 saturated carbocycles. The van der Waals surface area contributed by atoms with Gasteiger partial charge in [0.1, 0.15) is 5.82 Å². The maximum Gasteiger partial charge on any atom is 0.244 e. The molecule has 1 heterocycles. The van der Waals surface area contributed by atoms with E-state index in [0.717, 1.165) is 11.3 Å². The molecule has 0 aromatic carbocycles. The topological polar surface area (TPSA) is 71.1 Å². The van der Waals surface area contributed by atoms with E-state index in [4.69, 9.17) is 7.85 Å². The van der Waals surface area contributed by atoms with Crippen molar-refractivity contribution in [2.45, 2.75) is 13.8 Å². The molecular weight excluding hydrogens is 205 g/mol. The Morgan fingerprint density at radius 1 is 1.38 bits per heavy atom. The molecule has 6 heteroatoms. The van der Waals surface area contributed by atoms with Gasteiger partial charge in [0.2, 0.25) is 13.8 Å². The summed E-state index contributed by atoms with van der Waals surface area (Å²) in [5.41, 5.74) is 1.82. The average molecular weight is 217 g/mol. The molecule has 1 aromatic rings. The number of carbonyl (C=O) groups excluding carboxylic acids is 2. The Bertz CT molecular complexity index is 400. The lowest BCUT2D eigenvalue weighted by Gasteiger charge is -2.06. The molecule has 0 spiro atoms. The van der Waals surface area contributed by atoms with Crippen molar-refractivity contribution in [2.24, 2.45) is 0 Å². The van der Waals surface area contributed by atoms with E-state index in [1.165, 1.54) is 0 Å². The average Bonchev–Trinajstić information content (AvgIpc) is 2.12. The van der Waals surface area contributed by atoms with Crippen LogP contribution in [0.4, 0.5) is 10.6 Å². The Labute approximate surface area is 95.1 Å². The highest BCUT2D eigenvalue weighted by atomic mass is 16.2. The van der Waals surface area contributed by atoms with E-state index in [-0.39, 0.29) is 12.5 Å². The van der Waals surface area contributed by atoms with E-state index in [0.29, 0.717) is 5.82 Å². The molecule has 0 saturated heterocycles. The zero-order valence-electron chi connectivity index (χ0n) is 9.20. The fourth-order valence-corrected chi connectivity index (χ4v) is 1.26. The van der Waals surface area contributed by atoms with E-state index in [9.17, 15) is 9.59 Å². The molecule has 0 bridgehead atoms. The van der Waals surface area contributed by atoms with E-state index >= 15 is 0 Å². The number of hydrogen-bond donors (Lipinski definition) is 2. The van der Waals surface area contributed by atoms with Crippen molar-refractivity contribution in [3.8, 4) is 0 Å². The Morgan fingerprint density at radius 3 is 2.62 bits per heavy atom. The fourth-order valence-electron chi connectivity index (χ4n) is 1.26. The SMILES string of the molecule is [B]C(=O)NCC(=O)Nc1cc(C)cc(C)n1. The van der Waals surface area contributed by atoms with Gasteiger partial charge in [0.05, 0.1) is 6.54 Å². The molecule has 0 unspecified atom stereocenters. The largest absolute Gasteiger partial charge is 0.357 e. The number of amides is 2. The van der Waals surface area contributed by atoms with Gasteiger partial charge in [-0.25, -0.2) is 4.98 Å². The summed E-state index contributed by atoms with van der Waals surface area (Å²) in [6, 6.07) is 3.65. The van der Waals surface area contributed by atoms with Crippen LogP contribution in [-0.4, -0.2) is 31.1 Å². The lowest BCUT2D eigenvalue weighted by Crippen LogP contribution is -2.32. The number of nitrogens with one attached hydrogen (secondary N) is 2. The first-order valence-corrected chi connectivity index (χ1v) is 4.76. The van der Waals surface area contributed by atoms with Gasteiger partial charge in [0.25, 0.3) is 0 Å². The highest BCUT2D eigenvalue weighted by Gasteiger charge is 2.04. The first kappa shape index (κ1) is 12.2. The van der Waals surface area contributed by atoms with Gasteiger partial charge in [-0.1, -0.05) is 0 Å². The van der Waals surface area contributed by atoms with Crippen LogP contribution in [-0.2, 0) is 4.79 Å². The van der Waals surface area contributed by atoms with E-state index in [2.05, 4.69) is 15.6 Å². The van der Waals surface area contributed by atoms with Gasteiger partial charge in [0.15, 0.2) is 5.81 Å². The summed E-state index contributed by atoms with van der Waals surface area (Å²) in [5.74, 6) is -0.631. The number of pyridine rings is 1. The number of anilines is 1. The number of nitrogens with zero attached hydrogens (tertiary/aromatic N) is 1. The van der Waals surface area contributed by atoms with Crippen molar-refractivity contribution in [1.82, 2.24) is 10.3 Å². The van der Waals surface area contributed by atoms with Gasteiger partial charge < -0.3 is 10.6 Å². The third-order valence-corrected chi connectivity index (χ3v) is 1.79. The standard InChI is InChI=1S/C10H12BN3O2/c1-6-3-7(2)13-8(4-6)14-9(15)5-12-10(11)16/h3-4H,5H2,1-2H3,(H,12,16)(H,13,14,15). The molecule has 1 aromatic heterocycles. The number of rotatable bonds is 3. The molecule has 0 aliphatic heterocycles. The summed E-state index contributed by atoms with van der Waals surface area (Å²) in [6.07, 6.45) is 0. The molecule has 5 nitrogen and oxygen atoms in total. The molecule has 2 radical (unpaired) electrons. The van der Waals surface area contributed by atoms with Crippen molar-refractivity contribution < 1.29 is 9.59 Å². The molecule has 0 atom stereocenters. The Balaban J connectivity index is 2.59. The second kappa shape index (κ2) is 5.30. The smallest absolute Gasteiger partial charge is 0.244 e. The molecule has 0 aliphatic carbocycles. The van der Waals surface area contributed by atoms with Crippen molar-refractivity contribution in [2.75, 3.05) is 11.9 Å². The highest BCUT2D eigenvalue weighted by Crippen LogP contribution is 2.08. The van der Waals surface area contributed by atoms with Gasteiger partial charge in [-0.2, -0.15) is 0 Å². The third-order valence-electron chi connectivity index (χ3n) is 1.79. The van der Waals surface area contributed by atoms with Crippen molar-refractivity contribution in [3.05, 3.63) is 23.4 Å². The second-order valence-corrected chi connectivity index (χ2v) is 3.44. The number of aryl methyl sites for hydroxylation is 2. The molecule has 16 heavy (non-hydrogen) atoms. The number of aromatic nitrogens is 1. The number of carbonyl (C=O) groups is 2. The van der Waals surface area contributed by atoms with Crippen molar-refractivity contribution in [3.63, 3.8) is 0 Å². The van der Waals surface area contributed by atoms with Gasteiger partial charge in [-0.15, -0.1) is 0 Å². The van der Waals surface area contributed by atoms with Crippen LogP contribution in [0, 0.1) is 13.8 Å². The maximum absolute atomic E-state index is 11.3. The maximum atomic E-state index is 11.3. The lowest BCUT2D eigenvalue weighted by atomic mass is 10.1.